The summed E-state index contributed by atoms with van der Waals surface area (Å²) in [5.41, 5.74) is 0.715. The molecular weight excluding hydrogens is 360 g/mol. The molecule has 2 aromatic rings. The van der Waals surface area contributed by atoms with Gasteiger partial charge in [-0.2, -0.15) is 0 Å². The monoisotopic (exact) mass is 370 g/mol. The van der Waals surface area contributed by atoms with E-state index < -0.39 is 0 Å². The Morgan fingerprint density at radius 3 is 3.19 bits per heavy atom. The summed E-state index contributed by atoms with van der Waals surface area (Å²) in [5, 5.41) is 0.383. The topological polar surface area (TPSA) is 59.7 Å². The largest absolute Gasteiger partial charge is 0.366 e. The van der Waals surface area contributed by atoms with Crippen LogP contribution in [0.5, 0.6) is 0 Å². The SMILES string of the molecule is O=C1CC[C@@H]2CO[C@@H](c3nc(Br)c4c(Cl)nccn34)CN12. The highest BCUT2D eigenvalue weighted by atomic mass is 79.9. The molecule has 4 rings (SSSR count). The average molecular weight is 372 g/mol. The summed E-state index contributed by atoms with van der Waals surface area (Å²) in [5.74, 6) is 0.937. The number of amides is 1. The molecule has 2 aromatic heterocycles. The molecule has 21 heavy (non-hydrogen) atoms. The van der Waals surface area contributed by atoms with Gasteiger partial charge < -0.3 is 9.64 Å². The molecule has 2 fully saturated rings. The predicted octanol–water partition coefficient (Wildman–Crippen LogP) is 2.21. The van der Waals surface area contributed by atoms with Crippen LogP contribution in [0.15, 0.2) is 17.0 Å². The first-order valence-corrected chi connectivity index (χ1v) is 7.91. The molecule has 0 unspecified atom stereocenters. The van der Waals surface area contributed by atoms with E-state index in [-0.39, 0.29) is 18.1 Å². The molecule has 0 saturated carbocycles. The van der Waals surface area contributed by atoms with Crippen LogP contribution in [0.1, 0.15) is 24.8 Å². The molecule has 8 heteroatoms. The smallest absolute Gasteiger partial charge is 0.223 e. The predicted molar refractivity (Wildman–Crippen MR) is 79.1 cm³/mol. The average Bonchev–Trinajstić information content (AvgIpc) is 3.01. The Labute approximate surface area is 134 Å². The molecule has 4 heterocycles. The van der Waals surface area contributed by atoms with E-state index >= 15 is 0 Å². The lowest BCUT2D eigenvalue weighted by Crippen LogP contribution is -2.44. The second-order valence-corrected chi connectivity index (χ2v) is 6.37. The standard InChI is InChI=1S/C13H12BrClN4O2/c14-11-10-12(15)16-3-4-18(10)13(17-11)8-5-19-7(6-21-8)1-2-9(19)20/h3-4,7-8H,1-2,5-6H2/t7-,8-/m1/s1. The zero-order valence-electron chi connectivity index (χ0n) is 11.0. The van der Waals surface area contributed by atoms with Crippen LogP contribution in [0.4, 0.5) is 0 Å². The van der Waals surface area contributed by atoms with Gasteiger partial charge >= 0.3 is 0 Å². The van der Waals surface area contributed by atoms with Crippen molar-refractivity contribution in [3.63, 3.8) is 0 Å². The first-order chi connectivity index (χ1) is 10.1. The third-order valence-electron chi connectivity index (χ3n) is 4.09. The van der Waals surface area contributed by atoms with Crippen LogP contribution in [-0.4, -0.2) is 44.4 Å². The number of rotatable bonds is 1. The molecule has 0 spiro atoms. The van der Waals surface area contributed by atoms with Crippen molar-refractivity contribution >= 4 is 39.0 Å². The molecule has 110 valence electrons. The minimum Gasteiger partial charge on any atom is -0.366 e. The highest BCUT2D eigenvalue weighted by molar-refractivity contribution is 9.10. The molecular formula is C13H12BrClN4O2. The molecule has 2 atom stereocenters. The van der Waals surface area contributed by atoms with Crippen LogP contribution in [0.25, 0.3) is 5.52 Å². The third-order valence-corrected chi connectivity index (χ3v) is 4.92. The fourth-order valence-electron chi connectivity index (χ4n) is 3.04. The van der Waals surface area contributed by atoms with Gasteiger partial charge in [-0.1, -0.05) is 11.6 Å². The quantitative estimate of drug-likeness (QED) is 0.771. The summed E-state index contributed by atoms with van der Waals surface area (Å²) in [6.45, 7) is 1.09. The Balaban J connectivity index is 1.74. The number of nitrogens with zero attached hydrogens (tertiary/aromatic N) is 4. The van der Waals surface area contributed by atoms with Gasteiger partial charge in [0, 0.05) is 18.8 Å². The van der Waals surface area contributed by atoms with Crippen molar-refractivity contribution in [3.05, 3.63) is 28.0 Å². The Kier molecular flexibility index (Phi) is 3.16. The van der Waals surface area contributed by atoms with Crippen molar-refractivity contribution in [2.24, 2.45) is 0 Å². The van der Waals surface area contributed by atoms with Crippen molar-refractivity contribution in [2.75, 3.05) is 13.2 Å². The lowest BCUT2D eigenvalue weighted by Gasteiger charge is -2.34. The highest BCUT2D eigenvalue weighted by Gasteiger charge is 2.38. The number of aromatic nitrogens is 3. The van der Waals surface area contributed by atoms with Gasteiger partial charge in [-0.15, -0.1) is 0 Å². The molecule has 0 N–H and O–H groups in total. The molecule has 0 aliphatic carbocycles. The summed E-state index contributed by atoms with van der Waals surface area (Å²) in [6.07, 6.45) is 4.67. The van der Waals surface area contributed by atoms with E-state index in [9.17, 15) is 4.79 Å². The molecule has 0 bridgehead atoms. The van der Waals surface area contributed by atoms with Gasteiger partial charge in [-0.25, -0.2) is 9.97 Å². The number of morpholine rings is 1. The molecule has 1 amide bonds. The van der Waals surface area contributed by atoms with E-state index in [0.717, 1.165) is 12.2 Å². The summed E-state index contributed by atoms with van der Waals surface area (Å²) >= 11 is 9.53. The van der Waals surface area contributed by atoms with E-state index in [0.29, 0.717) is 34.8 Å². The van der Waals surface area contributed by atoms with Crippen LogP contribution >= 0.6 is 27.5 Å². The van der Waals surface area contributed by atoms with Gasteiger partial charge in [-0.05, 0) is 22.4 Å². The van der Waals surface area contributed by atoms with Gasteiger partial charge in [0.05, 0.1) is 19.2 Å². The van der Waals surface area contributed by atoms with Gasteiger partial charge in [0.25, 0.3) is 0 Å². The molecule has 6 nitrogen and oxygen atoms in total. The van der Waals surface area contributed by atoms with E-state index in [2.05, 4.69) is 25.9 Å². The Hall–Kier alpha value is -1.18. The lowest BCUT2D eigenvalue weighted by atomic mass is 10.2. The Morgan fingerprint density at radius 1 is 1.48 bits per heavy atom. The molecule has 2 aliphatic heterocycles. The van der Waals surface area contributed by atoms with E-state index in [4.69, 9.17) is 16.3 Å². The van der Waals surface area contributed by atoms with Gasteiger partial charge in [0.1, 0.15) is 22.0 Å². The maximum absolute atomic E-state index is 11.9. The number of carbonyl (C=O) groups is 1. The molecule has 2 saturated heterocycles. The lowest BCUT2D eigenvalue weighted by molar-refractivity contribution is -0.137. The summed E-state index contributed by atoms with van der Waals surface area (Å²) in [6, 6.07) is 0.216. The summed E-state index contributed by atoms with van der Waals surface area (Å²) in [7, 11) is 0. The van der Waals surface area contributed by atoms with Crippen molar-refractivity contribution in [1.82, 2.24) is 19.3 Å². The number of fused-ring (bicyclic) bond motifs is 2. The van der Waals surface area contributed by atoms with Crippen molar-refractivity contribution < 1.29 is 9.53 Å². The minimum atomic E-state index is -0.249. The zero-order chi connectivity index (χ0) is 14.6. The highest BCUT2D eigenvalue weighted by Crippen LogP contribution is 2.33. The van der Waals surface area contributed by atoms with Crippen LogP contribution in [0.3, 0.4) is 0 Å². The van der Waals surface area contributed by atoms with Crippen LogP contribution in [0.2, 0.25) is 5.15 Å². The van der Waals surface area contributed by atoms with Gasteiger partial charge in [-0.3, -0.25) is 9.20 Å². The second kappa shape index (κ2) is 4.93. The van der Waals surface area contributed by atoms with Crippen molar-refractivity contribution in [1.29, 1.82) is 0 Å². The number of hydrogen-bond acceptors (Lipinski definition) is 4. The maximum Gasteiger partial charge on any atom is 0.223 e. The Morgan fingerprint density at radius 2 is 2.33 bits per heavy atom. The van der Waals surface area contributed by atoms with Crippen LogP contribution in [0, 0.1) is 0 Å². The van der Waals surface area contributed by atoms with Crippen molar-refractivity contribution in [3.8, 4) is 0 Å². The number of halogens is 2. The third kappa shape index (κ3) is 2.06. The number of ether oxygens (including phenoxy) is 1. The minimum absolute atomic E-state index is 0.202. The van der Waals surface area contributed by atoms with Crippen LogP contribution < -0.4 is 0 Å². The Bertz CT molecular complexity index is 734. The summed E-state index contributed by atoms with van der Waals surface area (Å²) < 4.78 is 8.43. The van der Waals surface area contributed by atoms with Crippen molar-refractivity contribution in [2.45, 2.75) is 25.0 Å². The summed E-state index contributed by atoms with van der Waals surface area (Å²) in [4.78, 5) is 22.4. The van der Waals surface area contributed by atoms with E-state index in [1.165, 1.54) is 0 Å². The zero-order valence-corrected chi connectivity index (χ0v) is 13.3. The van der Waals surface area contributed by atoms with Crippen LogP contribution in [-0.2, 0) is 9.53 Å². The fraction of sp³-hybridized carbons (Fsp3) is 0.462. The van der Waals surface area contributed by atoms with Gasteiger partial charge in [0.2, 0.25) is 5.91 Å². The maximum atomic E-state index is 11.9. The van der Waals surface area contributed by atoms with E-state index in [1.807, 2.05) is 9.30 Å². The number of carbonyl (C=O) groups excluding carboxylic acids is 1. The first-order valence-electron chi connectivity index (χ1n) is 6.74. The first kappa shape index (κ1) is 13.5. The molecule has 0 radical (unpaired) electrons. The normalized spacial score (nSPS) is 25.6. The number of hydrogen-bond donors (Lipinski definition) is 0. The second-order valence-electron chi connectivity index (χ2n) is 5.26. The van der Waals surface area contributed by atoms with E-state index in [1.54, 1.807) is 12.4 Å². The number of imidazole rings is 1. The van der Waals surface area contributed by atoms with Gasteiger partial charge in [0.15, 0.2) is 5.15 Å². The molecule has 2 aliphatic rings. The molecule has 0 aromatic carbocycles. The fourth-order valence-corrected chi connectivity index (χ4v) is 3.95.